The summed E-state index contributed by atoms with van der Waals surface area (Å²) >= 11 is 0. The predicted molar refractivity (Wildman–Crippen MR) is 81.7 cm³/mol. The third kappa shape index (κ3) is 3.13. The molecule has 0 spiro atoms. The molecule has 1 saturated heterocycles. The number of benzene rings is 1. The van der Waals surface area contributed by atoms with Gasteiger partial charge < -0.3 is 5.73 Å². The molecular formula is C14H23N3O2S. The number of nitrogens with zero attached hydrogens (tertiary/aromatic N) is 2. The van der Waals surface area contributed by atoms with Gasteiger partial charge in [-0.25, -0.2) is 0 Å². The van der Waals surface area contributed by atoms with Crippen LogP contribution in [0.3, 0.4) is 0 Å². The van der Waals surface area contributed by atoms with Crippen molar-refractivity contribution in [3.05, 3.63) is 30.3 Å². The predicted octanol–water partition coefficient (Wildman–Crippen LogP) is 1.43. The van der Waals surface area contributed by atoms with Crippen LogP contribution >= 0.6 is 0 Å². The fourth-order valence-corrected chi connectivity index (χ4v) is 4.25. The second-order valence-corrected chi connectivity index (χ2v) is 6.94. The van der Waals surface area contributed by atoms with Crippen LogP contribution in [0, 0.1) is 5.92 Å². The van der Waals surface area contributed by atoms with Crippen LogP contribution in [-0.2, 0) is 10.2 Å². The van der Waals surface area contributed by atoms with Crippen molar-refractivity contribution in [1.82, 2.24) is 4.31 Å². The maximum absolute atomic E-state index is 12.7. The molecule has 0 aromatic heterocycles. The van der Waals surface area contributed by atoms with E-state index >= 15 is 0 Å². The molecule has 0 radical (unpaired) electrons. The Morgan fingerprint density at radius 1 is 1.25 bits per heavy atom. The number of anilines is 1. The van der Waals surface area contributed by atoms with Crippen LogP contribution in [-0.4, -0.2) is 38.9 Å². The van der Waals surface area contributed by atoms with Gasteiger partial charge in [0.05, 0.1) is 5.69 Å². The molecule has 2 N–H and O–H groups in total. The Balaban J connectivity index is 2.17. The topological polar surface area (TPSA) is 66.6 Å². The minimum absolute atomic E-state index is 0.434. The first-order valence-electron chi connectivity index (χ1n) is 7.12. The molecule has 6 heteroatoms. The summed E-state index contributed by atoms with van der Waals surface area (Å²) < 4.78 is 28.5. The molecule has 1 aliphatic rings. The van der Waals surface area contributed by atoms with Crippen LogP contribution in [0.25, 0.3) is 0 Å². The van der Waals surface area contributed by atoms with Crippen LogP contribution < -0.4 is 10.0 Å². The number of hydrogen-bond acceptors (Lipinski definition) is 3. The minimum atomic E-state index is -3.43. The maximum Gasteiger partial charge on any atom is 0.304 e. The highest BCUT2D eigenvalue weighted by molar-refractivity contribution is 7.90. The minimum Gasteiger partial charge on any atom is -0.330 e. The average molecular weight is 297 g/mol. The van der Waals surface area contributed by atoms with Gasteiger partial charge in [0.25, 0.3) is 0 Å². The second-order valence-electron chi connectivity index (χ2n) is 5.09. The second kappa shape index (κ2) is 6.56. The van der Waals surface area contributed by atoms with Gasteiger partial charge in [-0.15, -0.1) is 0 Å². The molecule has 1 aliphatic heterocycles. The van der Waals surface area contributed by atoms with Gasteiger partial charge in [0, 0.05) is 19.6 Å². The van der Waals surface area contributed by atoms with E-state index in [1.165, 1.54) is 4.31 Å². The highest BCUT2D eigenvalue weighted by Crippen LogP contribution is 2.24. The van der Waals surface area contributed by atoms with Gasteiger partial charge in [0.15, 0.2) is 0 Å². The maximum atomic E-state index is 12.7. The fourth-order valence-electron chi connectivity index (χ4n) is 2.59. The molecule has 0 bridgehead atoms. The van der Waals surface area contributed by atoms with Crippen molar-refractivity contribution in [2.45, 2.75) is 19.8 Å². The lowest BCUT2D eigenvalue weighted by Gasteiger charge is -2.35. The van der Waals surface area contributed by atoms with Crippen LogP contribution in [0.1, 0.15) is 19.8 Å². The first kappa shape index (κ1) is 15.3. The zero-order valence-electron chi connectivity index (χ0n) is 11.9. The Morgan fingerprint density at radius 2 is 1.85 bits per heavy atom. The van der Waals surface area contributed by atoms with Gasteiger partial charge in [-0.2, -0.15) is 12.7 Å². The lowest BCUT2D eigenvalue weighted by molar-refractivity contribution is 0.278. The normalized spacial score (nSPS) is 18.1. The smallest absolute Gasteiger partial charge is 0.304 e. The summed E-state index contributed by atoms with van der Waals surface area (Å²) in [6.45, 7) is 4.06. The molecule has 1 fully saturated rings. The number of piperidine rings is 1. The van der Waals surface area contributed by atoms with Gasteiger partial charge >= 0.3 is 10.2 Å². The van der Waals surface area contributed by atoms with Crippen LogP contribution in [0.2, 0.25) is 0 Å². The van der Waals surface area contributed by atoms with Crippen molar-refractivity contribution < 1.29 is 8.42 Å². The summed E-state index contributed by atoms with van der Waals surface area (Å²) in [4.78, 5) is 0. The van der Waals surface area contributed by atoms with Gasteiger partial charge in [0.2, 0.25) is 0 Å². The first-order chi connectivity index (χ1) is 9.59. The molecule has 0 unspecified atom stereocenters. The molecule has 0 saturated carbocycles. The van der Waals surface area contributed by atoms with E-state index in [2.05, 4.69) is 0 Å². The van der Waals surface area contributed by atoms with E-state index < -0.39 is 10.2 Å². The van der Waals surface area contributed by atoms with E-state index in [1.807, 2.05) is 37.3 Å². The van der Waals surface area contributed by atoms with Crippen LogP contribution in [0.5, 0.6) is 0 Å². The molecule has 2 rings (SSSR count). The number of hydrogen-bond donors (Lipinski definition) is 1. The summed E-state index contributed by atoms with van der Waals surface area (Å²) in [5.74, 6) is 0.452. The number of nitrogens with two attached hydrogens (primary N) is 1. The van der Waals surface area contributed by atoms with Crippen molar-refractivity contribution in [2.24, 2.45) is 11.7 Å². The molecule has 5 nitrogen and oxygen atoms in total. The summed E-state index contributed by atoms with van der Waals surface area (Å²) in [5.41, 5.74) is 6.37. The molecule has 1 aromatic carbocycles. The van der Waals surface area contributed by atoms with Gasteiger partial charge in [-0.3, -0.25) is 4.31 Å². The first-order valence-corrected chi connectivity index (χ1v) is 8.52. The van der Waals surface area contributed by atoms with E-state index in [0.29, 0.717) is 32.1 Å². The van der Waals surface area contributed by atoms with Crippen molar-refractivity contribution in [3.8, 4) is 0 Å². The highest BCUT2D eigenvalue weighted by Gasteiger charge is 2.32. The molecule has 112 valence electrons. The van der Waals surface area contributed by atoms with Crippen molar-refractivity contribution in [2.75, 3.05) is 30.5 Å². The van der Waals surface area contributed by atoms with Crippen molar-refractivity contribution in [1.29, 1.82) is 0 Å². The molecular weight excluding hydrogens is 274 g/mol. The molecule has 0 amide bonds. The van der Waals surface area contributed by atoms with Crippen molar-refractivity contribution in [3.63, 3.8) is 0 Å². The number of para-hydroxylation sites is 1. The van der Waals surface area contributed by atoms with Gasteiger partial charge in [0.1, 0.15) is 0 Å². The molecule has 1 aromatic rings. The van der Waals surface area contributed by atoms with Crippen LogP contribution in [0.4, 0.5) is 5.69 Å². The quantitative estimate of drug-likeness (QED) is 0.894. The Bertz CT molecular complexity index is 510. The van der Waals surface area contributed by atoms with Gasteiger partial charge in [-0.05, 0) is 44.4 Å². The molecule has 20 heavy (non-hydrogen) atoms. The standard InChI is InChI=1S/C14H23N3O2S/c1-2-17(14-6-4-3-5-7-14)20(18,19)16-10-8-13(12-15)9-11-16/h3-7,13H,2,8-12,15H2,1H3. The lowest BCUT2D eigenvalue weighted by atomic mass is 9.99. The van der Waals surface area contributed by atoms with E-state index in [0.717, 1.165) is 18.5 Å². The monoisotopic (exact) mass is 297 g/mol. The fraction of sp³-hybridized carbons (Fsp3) is 0.571. The zero-order chi connectivity index (χ0) is 14.6. The summed E-state index contributed by atoms with van der Waals surface area (Å²) in [6.07, 6.45) is 1.70. The molecule has 0 aliphatic carbocycles. The van der Waals surface area contributed by atoms with E-state index in [1.54, 1.807) is 4.31 Å². The number of rotatable bonds is 5. The van der Waals surface area contributed by atoms with E-state index in [4.69, 9.17) is 5.73 Å². The SMILES string of the molecule is CCN(c1ccccc1)S(=O)(=O)N1CCC(CN)CC1. The Kier molecular flexibility index (Phi) is 5.01. The summed E-state index contributed by atoms with van der Waals surface area (Å²) in [5, 5.41) is 0. The van der Waals surface area contributed by atoms with Crippen molar-refractivity contribution >= 4 is 15.9 Å². The van der Waals surface area contributed by atoms with Crippen LogP contribution in [0.15, 0.2) is 30.3 Å². The lowest BCUT2D eigenvalue weighted by Crippen LogP contribution is -2.48. The van der Waals surface area contributed by atoms with E-state index in [9.17, 15) is 8.42 Å². The van der Waals surface area contributed by atoms with E-state index in [-0.39, 0.29) is 0 Å². The largest absolute Gasteiger partial charge is 0.330 e. The summed E-state index contributed by atoms with van der Waals surface area (Å²) in [7, 11) is -3.43. The highest BCUT2D eigenvalue weighted by atomic mass is 32.2. The van der Waals surface area contributed by atoms with Gasteiger partial charge in [-0.1, -0.05) is 18.2 Å². The third-order valence-corrected chi connectivity index (χ3v) is 5.89. The Labute approximate surface area is 121 Å². The molecule has 0 atom stereocenters. The average Bonchev–Trinajstić information content (AvgIpc) is 2.49. The molecule has 1 heterocycles. The third-order valence-electron chi connectivity index (χ3n) is 3.84. The Morgan fingerprint density at radius 3 is 2.35 bits per heavy atom. The summed E-state index contributed by atoms with van der Waals surface area (Å²) in [6, 6.07) is 9.25. The zero-order valence-corrected chi connectivity index (χ0v) is 12.7. The Hall–Kier alpha value is -1.11.